The smallest absolute Gasteiger partial charge is 0.276 e. The number of nitriles is 1. The zero-order valence-corrected chi connectivity index (χ0v) is 27.7. The summed E-state index contributed by atoms with van der Waals surface area (Å²) in [7, 11) is 0. The van der Waals surface area contributed by atoms with Gasteiger partial charge in [-0.05, 0) is 43.5 Å². The molecule has 9 nitrogen and oxygen atoms in total. The number of hydrogen-bond donors (Lipinski definition) is 1. The standard InChI is InChI=1S/C32H30Cl3F2N7O2/c1-6-20(45)43-10-9-42(13-16(43)5)30-17-11-19(33)28(21-22(34)24(36)25(37)26(39)23(21)35)41-31(17)44(32(46)18(30)12-38)29-15(4)7-8-40-27(29)14(2)3/h6-8,11,14,16,25-26H,1,9-10,13,39H2,2-5H3/t16-,25?,26?/m1/s1. The third-order valence-corrected chi connectivity index (χ3v) is 9.37. The summed E-state index contributed by atoms with van der Waals surface area (Å²) in [5.74, 6) is -1.71. The van der Waals surface area contributed by atoms with Gasteiger partial charge in [-0.2, -0.15) is 5.26 Å². The number of aromatic nitrogens is 3. The molecule has 1 saturated heterocycles. The molecule has 3 aromatic rings. The van der Waals surface area contributed by atoms with E-state index in [0.29, 0.717) is 28.9 Å². The summed E-state index contributed by atoms with van der Waals surface area (Å²) >= 11 is 19.6. The van der Waals surface area contributed by atoms with Gasteiger partial charge in [0.1, 0.15) is 17.3 Å². The zero-order valence-electron chi connectivity index (χ0n) is 25.4. The Morgan fingerprint density at radius 3 is 2.57 bits per heavy atom. The Hall–Kier alpha value is -3.82. The van der Waals surface area contributed by atoms with Gasteiger partial charge in [-0.25, -0.2) is 13.8 Å². The SMILES string of the molecule is C=CC(=O)N1CCN(c2c(C#N)c(=O)n(-c3c(C)ccnc3C(C)C)c3nc(C4=C(Cl)C(N)C(F)C(F)=C4Cl)c(Cl)cc23)C[C@H]1C. The van der Waals surface area contributed by atoms with Gasteiger partial charge in [0.25, 0.3) is 5.56 Å². The molecule has 5 rings (SSSR count). The Morgan fingerprint density at radius 1 is 1.26 bits per heavy atom. The molecule has 3 atom stereocenters. The second-order valence-electron chi connectivity index (χ2n) is 11.5. The lowest BCUT2D eigenvalue weighted by Gasteiger charge is -2.41. The molecular formula is C32H30Cl3F2N7O2. The van der Waals surface area contributed by atoms with E-state index < -0.39 is 28.6 Å². The molecule has 14 heteroatoms. The van der Waals surface area contributed by atoms with Crippen molar-refractivity contribution in [2.75, 3.05) is 24.5 Å². The third kappa shape index (κ3) is 5.37. The average molecular weight is 689 g/mol. The molecular weight excluding hydrogens is 659 g/mol. The van der Waals surface area contributed by atoms with Crippen LogP contribution in [0.4, 0.5) is 14.5 Å². The van der Waals surface area contributed by atoms with E-state index in [2.05, 4.69) is 17.6 Å². The highest BCUT2D eigenvalue weighted by Crippen LogP contribution is 2.45. The molecule has 0 radical (unpaired) electrons. The second kappa shape index (κ2) is 12.8. The molecule has 2 N–H and O–H groups in total. The van der Waals surface area contributed by atoms with Gasteiger partial charge < -0.3 is 15.5 Å². The maximum absolute atomic E-state index is 14.9. The first-order valence-electron chi connectivity index (χ1n) is 14.4. The number of amides is 1. The summed E-state index contributed by atoms with van der Waals surface area (Å²) in [5.41, 5.74) is 6.64. The summed E-state index contributed by atoms with van der Waals surface area (Å²) in [5, 5.41) is 9.77. The highest BCUT2D eigenvalue weighted by Gasteiger charge is 2.38. The number of halogens is 5. The molecule has 46 heavy (non-hydrogen) atoms. The topological polar surface area (TPSA) is 121 Å². The average Bonchev–Trinajstić information content (AvgIpc) is 3.02. The maximum atomic E-state index is 14.9. The zero-order chi connectivity index (χ0) is 33.8. The first-order chi connectivity index (χ1) is 21.7. The minimum absolute atomic E-state index is 0.0476. The van der Waals surface area contributed by atoms with E-state index in [4.69, 9.17) is 45.5 Å². The molecule has 2 aliphatic rings. The van der Waals surface area contributed by atoms with Gasteiger partial charge in [-0.1, -0.05) is 55.2 Å². The molecule has 0 aromatic carbocycles. The van der Waals surface area contributed by atoms with Crippen molar-refractivity contribution in [2.24, 2.45) is 5.73 Å². The van der Waals surface area contributed by atoms with Crippen molar-refractivity contribution >= 4 is 63.0 Å². The van der Waals surface area contributed by atoms with Crippen LogP contribution in [0.5, 0.6) is 0 Å². The van der Waals surface area contributed by atoms with Crippen LogP contribution in [0.15, 0.2) is 51.7 Å². The molecule has 1 amide bonds. The van der Waals surface area contributed by atoms with Crippen molar-refractivity contribution in [1.82, 2.24) is 19.4 Å². The Bertz CT molecular complexity index is 1970. The Morgan fingerprint density at radius 2 is 1.96 bits per heavy atom. The van der Waals surface area contributed by atoms with E-state index in [1.165, 1.54) is 16.7 Å². The van der Waals surface area contributed by atoms with Crippen molar-refractivity contribution in [3.63, 3.8) is 0 Å². The van der Waals surface area contributed by atoms with E-state index in [9.17, 15) is 23.6 Å². The molecule has 0 spiro atoms. The highest BCUT2D eigenvalue weighted by atomic mass is 35.5. The molecule has 3 aromatic heterocycles. The Labute approximate surface area is 279 Å². The van der Waals surface area contributed by atoms with E-state index in [1.54, 1.807) is 24.1 Å². The molecule has 0 saturated carbocycles. The summed E-state index contributed by atoms with van der Waals surface area (Å²) in [4.78, 5) is 39.7. The van der Waals surface area contributed by atoms with Crippen molar-refractivity contribution in [3.05, 3.63) is 84.8 Å². The molecule has 2 unspecified atom stereocenters. The van der Waals surface area contributed by atoms with E-state index >= 15 is 0 Å². The lowest BCUT2D eigenvalue weighted by atomic mass is 9.96. The summed E-state index contributed by atoms with van der Waals surface area (Å²) < 4.78 is 30.8. The number of pyridine rings is 3. The molecule has 4 heterocycles. The van der Waals surface area contributed by atoms with Gasteiger partial charge in [0.2, 0.25) is 5.91 Å². The number of allylic oxidation sites excluding steroid dienone is 2. The van der Waals surface area contributed by atoms with Crippen molar-refractivity contribution in [3.8, 4) is 11.8 Å². The minimum Gasteiger partial charge on any atom is -0.366 e. The van der Waals surface area contributed by atoms with Gasteiger partial charge in [0.15, 0.2) is 12.0 Å². The quantitative estimate of drug-likeness (QED) is 0.326. The minimum atomic E-state index is -2.27. The number of rotatable bonds is 5. The highest BCUT2D eigenvalue weighted by molar-refractivity contribution is 6.44. The number of fused-ring (bicyclic) bond motifs is 1. The van der Waals surface area contributed by atoms with Crippen LogP contribution >= 0.6 is 34.8 Å². The van der Waals surface area contributed by atoms with Gasteiger partial charge >= 0.3 is 0 Å². The van der Waals surface area contributed by atoms with Crippen LogP contribution in [0.3, 0.4) is 0 Å². The normalized spacial score (nSPS) is 20.5. The van der Waals surface area contributed by atoms with Crippen LogP contribution in [-0.4, -0.2) is 63.2 Å². The van der Waals surface area contributed by atoms with Crippen LogP contribution in [0.1, 0.15) is 49.2 Å². The fraction of sp³-hybridized carbons (Fsp3) is 0.344. The van der Waals surface area contributed by atoms with E-state index in [0.717, 1.165) is 0 Å². The van der Waals surface area contributed by atoms with Crippen LogP contribution in [0, 0.1) is 18.3 Å². The molecule has 1 aliphatic carbocycles. The number of hydrogen-bond acceptors (Lipinski definition) is 7. The fourth-order valence-electron chi connectivity index (χ4n) is 5.99. The van der Waals surface area contributed by atoms with Gasteiger partial charge in [0.05, 0.1) is 38.9 Å². The Kier molecular flexibility index (Phi) is 9.30. The Balaban J connectivity index is 1.91. The molecule has 0 bridgehead atoms. The van der Waals surface area contributed by atoms with Crippen LogP contribution in [-0.2, 0) is 4.79 Å². The largest absolute Gasteiger partial charge is 0.366 e. The van der Waals surface area contributed by atoms with E-state index in [-0.39, 0.29) is 69.2 Å². The second-order valence-corrected chi connectivity index (χ2v) is 12.7. The van der Waals surface area contributed by atoms with Gasteiger partial charge in [-0.15, -0.1) is 0 Å². The summed E-state index contributed by atoms with van der Waals surface area (Å²) in [6.07, 6.45) is 0.588. The molecule has 1 fully saturated rings. The third-order valence-electron chi connectivity index (χ3n) is 8.27. The summed E-state index contributed by atoms with van der Waals surface area (Å²) in [6, 6.07) is 3.43. The predicted octanol–water partition coefficient (Wildman–Crippen LogP) is 6.01. The van der Waals surface area contributed by atoms with Crippen LogP contribution in [0.25, 0.3) is 22.3 Å². The monoisotopic (exact) mass is 687 g/mol. The van der Waals surface area contributed by atoms with Crippen LogP contribution in [0.2, 0.25) is 5.02 Å². The predicted molar refractivity (Wildman–Crippen MR) is 177 cm³/mol. The van der Waals surface area contributed by atoms with Crippen molar-refractivity contribution < 1.29 is 13.6 Å². The van der Waals surface area contributed by atoms with Gasteiger partial charge in [0, 0.05) is 47.9 Å². The number of carbonyl (C=O) groups is 1. The first kappa shape index (κ1) is 33.5. The number of aryl methyl sites for hydroxylation is 1. The van der Waals surface area contributed by atoms with Crippen molar-refractivity contribution in [2.45, 2.75) is 51.9 Å². The number of alkyl halides is 1. The number of piperazine rings is 1. The van der Waals surface area contributed by atoms with E-state index in [1.807, 2.05) is 25.7 Å². The fourth-order valence-corrected chi connectivity index (χ4v) is 6.87. The number of nitrogens with two attached hydrogens (primary N) is 1. The number of nitrogens with zero attached hydrogens (tertiary/aromatic N) is 6. The molecule has 1 aliphatic heterocycles. The number of anilines is 1. The summed E-state index contributed by atoms with van der Waals surface area (Å²) in [6.45, 7) is 11.9. The lowest BCUT2D eigenvalue weighted by molar-refractivity contribution is -0.128. The molecule has 240 valence electrons. The van der Waals surface area contributed by atoms with Crippen LogP contribution < -0.4 is 16.2 Å². The first-order valence-corrected chi connectivity index (χ1v) is 15.6. The lowest BCUT2D eigenvalue weighted by Crippen LogP contribution is -2.54. The van der Waals surface area contributed by atoms with Crippen molar-refractivity contribution in [1.29, 1.82) is 5.26 Å². The maximum Gasteiger partial charge on any atom is 0.276 e. The van der Waals surface area contributed by atoms with Gasteiger partial charge in [-0.3, -0.25) is 19.1 Å². The number of carbonyl (C=O) groups excluding carboxylic acids is 1.